The molecule has 2 aromatic heterocycles. The quantitative estimate of drug-likeness (QED) is 0.725. The summed E-state index contributed by atoms with van der Waals surface area (Å²) >= 11 is 6.41. The highest BCUT2D eigenvalue weighted by molar-refractivity contribution is 7.16. The van der Waals surface area contributed by atoms with E-state index in [0.717, 1.165) is 21.4 Å². The number of alkyl halides is 3. The van der Waals surface area contributed by atoms with Crippen LogP contribution < -0.4 is 0 Å². The molecule has 1 atom stereocenters. The van der Waals surface area contributed by atoms with Crippen molar-refractivity contribution in [3.05, 3.63) is 16.4 Å². The van der Waals surface area contributed by atoms with Crippen molar-refractivity contribution in [2.24, 2.45) is 5.92 Å². The second kappa shape index (κ2) is 6.53. The van der Waals surface area contributed by atoms with Gasteiger partial charge in [0.1, 0.15) is 5.01 Å². The van der Waals surface area contributed by atoms with Gasteiger partial charge >= 0.3 is 5.38 Å². The monoisotopic (exact) mass is 378 g/mol. The largest absolute Gasteiger partial charge is 0.377 e. The third-order valence-electron chi connectivity index (χ3n) is 3.96. The van der Waals surface area contributed by atoms with Gasteiger partial charge in [-0.1, -0.05) is 11.3 Å². The van der Waals surface area contributed by atoms with E-state index in [1.165, 1.54) is 11.3 Å². The third kappa shape index (κ3) is 3.68. The number of halogens is 3. The summed E-state index contributed by atoms with van der Waals surface area (Å²) in [6.07, 6.45) is -0.401. The Hall–Kier alpha value is -1.32. The summed E-state index contributed by atoms with van der Waals surface area (Å²) in [5.41, 5.74) is 1.56. The van der Waals surface area contributed by atoms with Crippen LogP contribution in [0.1, 0.15) is 29.2 Å². The van der Waals surface area contributed by atoms with Crippen molar-refractivity contribution >= 4 is 33.8 Å². The Balaban J connectivity index is 1.77. The summed E-state index contributed by atoms with van der Waals surface area (Å²) in [7, 11) is 1.59. The molecule has 10 heteroatoms. The number of imidazole rings is 1. The Morgan fingerprint density at radius 2 is 2.25 bits per heavy atom. The molecule has 1 saturated heterocycles. The van der Waals surface area contributed by atoms with Crippen LogP contribution in [0.2, 0.25) is 0 Å². The molecule has 0 aromatic carbocycles. The van der Waals surface area contributed by atoms with E-state index in [4.69, 9.17) is 16.3 Å². The molecule has 132 valence electrons. The smallest absolute Gasteiger partial charge is 0.322 e. The van der Waals surface area contributed by atoms with E-state index in [2.05, 4.69) is 10.1 Å². The Labute approximate surface area is 146 Å². The highest BCUT2D eigenvalue weighted by atomic mass is 35.5. The molecule has 3 heterocycles. The maximum atomic E-state index is 13.0. The number of amides is 1. The number of fused-ring (bicyclic) bond motifs is 1. The minimum Gasteiger partial charge on any atom is -0.377 e. The summed E-state index contributed by atoms with van der Waals surface area (Å²) in [5, 5.41) is 1.95. The molecule has 0 N–H and O–H groups in total. The van der Waals surface area contributed by atoms with Crippen molar-refractivity contribution < 1.29 is 18.3 Å². The van der Waals surface area contributed by atoms with E-state index >= 15 is 0 Å². The molecule has 0 saturated carbocycles. The fraction of sp³-hybridized carbons (Fsp3) is 0.643. The van der Waals surface area contributed by atoms with E-state index < -0.39 is 17.7 Å². The average molecular weight is 379 g/mol. The first-order chi connectivity index (χ1) is 11.3. The summed E-state index contributed by atoms with van der Waals surface area (Å²) in [5.74, 6) is -0.587. The van der Waals surface area contributed by atoms with Crippen LogP contribution in [0.3, 0.4) is 0 Å². The highest BCUT2D eigenvalue weighted by Crippen LogP contribution is 2.33. The molecule has 1 amide bonds. The Morgan fingerprint density at radius 3 is 2.92 bits per heavy atom. The molecule has 0 bridgehead atoms. The number of aryl methyl sites for hydroxylation is 1. The van der Waals surface area contributed by atoms with E-state index in [1.807, 2.05) is 6.92 Å². The minimum absolute atomic E-state index is 0.0926. The highest BCUT2D eigenvalue weighted by Gasteiger charge is 2.37. The molecule has 0 aliphatic carbocycles. The fourth-order valence-electron chi connectivity index (χ4n) is 2.95. The molecule has 3 rings (SSSR count). The Kier molecular flexibility index (Phi) is 4.76. The molecule has 6 nitrogen and oxygen atoms in total. The molecular weight excluding hydrogens is 362 g/mol. The number of carbonyl (C=O) groups excluding carboxylic acids is 1. The minimum atomic E-state index is -3.27. The lowest BCUT2D eigenvalue weighted by molar-refractivity contribution is -0.128. The third-order valence-corrected chi connectivity index (χ3v) is 5.00. The number of likely N-dealkylation sites (tertiary alicyclic amines) is 1. The number of nitrogens with zero attached hydrogens (tertiary/aromatic N) is 4. The van der Waals surface area contributed by atoms with Gasteiger partial charge in [-0.3, -0.25) is 4.79 Å². The van der Waals surface area contributed by atoms with Crippen LogP contribution in [-0.2, 0) is 22.7 Å². The van der Waals surface area contributed by atoms with E-state index in [-0.39, 0.29) is 18.9 Å². The Morgan fingerprint density at radius 1 is 1.50 bits per heavy atom. The first kappa shape index (κ1) is 17.5. The Bertz CT molecular complexity index is 758. The molecule has 1 fully saturated rings. The summed E-state index contributed by atoms with van der Waals surface area (Å²) in [6.45, 7) is 2.80. The van der Waals surface area contributed by atoms with E-state index in [1.54, 1.807) is 16.5 Å². The van der Waals surface area contributed by atoms with Gasteiger partial charge in [-0.05, 0) is 24.4 Å². The van der Waals surface area contributed by atoms with Gasteiger partial charge in [-0.25, -0.2) is 9.50 Å². The number of aromatic nitrogens is 3. The van der Waals surface area contributed by atoms with Crippen molar-refractivity contribution in [2.75, 3.05) is 13.7 Å². The maximum Gasteiger partial charge on any atom is 0.322 e. The lowest BCUT2D eigenvalue weighted by Gasteiger charge is -2.17. The number of hydrogen-bond acceptors (Lipinski definition) is 5. The number of carbonyl (C=O) groups is 1. The normalized spacial score (nSPS) is 19.0. The van der Waals surface area contributed by atoms with Gasteiger partial charge in [-0.15, -0.1) is 0 Å². The first-order valence-electron chi connectivity index (χ1n) is 7.44. The van der Waals surface area contributed by atoms with Gasteiger partial charge in [0, 0.05) is 26.5 Å². The zero-order chi connectivity index (χ0) is 17.5. The zero-order valence-corrected chi connectivity index (χ0v) is 14.8. The SMILES string of the molecule is COCc1nn2c(CN3C[C@H](CC(F)(F)Cl)CC3=O)c(C)nc2s1. The molecule has 0 unspecified atom stereocenters. The van der Waals surface area contributed by atoms with Crippen LogP contribution in [0.4, 0.5) is 8.78 Å². The molecular formula is C14H17ClF2N4O2S. The van der Waals surface area contributed by atoms with Crippen LogP contribution in [0.25, 0.3) is 4.96 Å². The standard InChI is InChI=1S/C14H17ClF2N4O2S/c1-8-10(21-13(18-8)24-11(19-21)7-23-2)6-20-5-9(3-12(20)22)4-14(15,16)17/h9H,3-7H2,1-2H3/t9-/m0/s1. The van der Waals surface area contributed by atoms with Crippen LogP contribution in [-0.4, -0.2) is 44.4 Å². The van der Waals surface area contributed by atoms with Crippen LogP contribution in [0.15, 0.2) is 0 Å². The van der Waals surface area contributed by atoms with Crippen molar-refractivity contribution in [3.8, 4) is 0 Å². The van der Waals surface area contributed by atoms with Crippen molar-refractivity contribution in [1.82, 2.24) is 19.5 Å². The van der Waals surface area contributed by atoms with Gasteiger partial charge in [0.25, 0.3) is 0 Å². The predicted molar refractivity (Wildman–Crippen MR) is 85.3 cm³/mol. The molecule has 1 aliphatic rings. The molecule has 0 radical (unpaired) electrons. The van der Waals surface area contributed by atoms with Gasteiger partial charge in [0.15, 0.2) is 0 Å². The summed E-state index contributed by atoms with van der Waals surface area (Å²) in [4.78, 5) is 18.9. The van der Waals surface area contributed by atoms with Gasteiger partial charge in [0.05, 0.1) is 24.5 Å². The molecule has 24 heavy (non-hydrogen) atoms. The van der Waals surface area contributed by atoms with Crippen molar-refractivity contribution in [1.29, 1.82) is 0 Å². The van der Waals surface area contributed by atoms with Crippen molar-refractivity contribution in [3.63, 3.8) is 0 Å². The zero-order valence-electron chi connectivity index (χ0n) is 13.3. The predicted octanol–water partition coefficient (Wildman–Crippen LogP) is 2.82. The topological polar surface area (TPSA) is 59.7 Å². The molecule has 2 aromatic rings. The lowest BCUT2D eigenvalue weighted by atomic mass is 10.1. The van der Waals surface area contributed by atoms with Crippen LogP contribution in [0, 0.1) is 12.8 Å². The number of ether oxygens (including phenoxy) is 1. The van der Waals surface area contributed by atoms with Gasteiger partial charge in [-0.2, -0.15) is 13.9 Å². The molecule has 1 aliphatic heterocycles. The second-order valence-electron chi connectivity index (χ2n) is 5.93. The van der Waals surface area contributed by atoms with E-state index in [0.29, 0.717) is 13.2 Å². The van der Waals surface area contributed by atoms with Crippen LogP contribution >= 0.6 is 22.9 Å². The molecule has 0 spiro atoms. The number of rotatable bonds is 6. The number of hydrogen-bond donors (Lipinski definition) is 0. The fourth-order valence-corrected chi connectivity index (χ4v) is 4.09. The average Bonchev–Trinajstić information content (AvgIpc) is 3.05. The van der Waals surface area contributed by atoms with Gasteiger partial charge < -0.3 is 9.64 Å². The summed E-state index contributed by atoms with van der Waals surface area (Å²) in [6, 6.07) is 0. The number of methoxy groups -OCH3 is 1. The van der Waals surface area contributed by atoms with Gasteiger partial charge in [0.2, 0.25) is 10.9 Å². The van der Waals surface area contributed by atoms with Crippen molar-refractivity contribution in [2.45, 2.75) is 38.3 Å². The van der Waals surface area contributed by atoms with Crippen LogP contribution in [0.5, 0.6) is 0 Å². The maximum absolute atomic E-state index is 13.0. The lowest BCUT2D eigenvalue weighted by Crippen LogP contribution is -2.26. The summed E-state index contributed by atoms with van der Waals surface area (Å²) < 4.78 is 32.7. The van der Waals surface area contributed by atoms with E-state index in [9.17, 15) is 13.6 Å². The first-order valence-corrected chi connectivity index (χ1v) is 8.63. The second-order valence-corrected chi connectivity index (χ2v) is 7.52.